The molecule has 0 amide bonds. The van der Waals surface area contributed by atoms with Crippen LogP contribution in [0.25, 0.3) is 22.3 Å². The first-order valence-corrected chi connectivity index (χ1v) is 10.5. The monoisotopic (exact) mass is 391 g/mol. The molecule has 148 valence electrons. The molecule has 0 atom stereocenters. The molecule has 0 bridgehead atoms. The third kappa shape index (κ3) is 3.02. The Bertz CT molecular complexity index is 1300. The largest absolute Gasteiger partial charge is 0.355 e. The topological polar surface area (TPSA) is 12.0 Å². The van der Waals surface area contributed by atoms with Gasteiger partial charge in [-0.1, -0.05) is 93.6 Å². The number of aryl methyl sites for hydroxylation is 1. The minimum Gasteiger partial charge on any atom is -0.355 e. The number of hydrogen-bond donors (Lipinski definition) is 1. The number of para-hydroxylation sites is 1. The van der Waals surface area contributed by atoms with Gasteiger partial charge in [-0.05, 0) is 58.0 Å². The van der Waals surface area contributed by atoms with Crippen LogP contribution in [0.2, 0.25) is 0 Å². The van der Waals surface area contributed by atoms with Crippen LogP contribution in [0.4, 0.5) is 11.4 Å². The van der Waals surface area contributed by atoms with Gasteiger partial charge in [-0.25, -0.2) is 0 Å². The third-order valence-corrected chi connectivity index (χ3v) is 6.27. The third-order valence-electron chi connectivity index (χ3n) is 6.27. The van der Waals surface area contributed by atoms with Crippen LogP contribution in [0.5, 0.6) is 0 Å². The van der Waals surface area contributed by atoms with E-state index in [-0.39, 0.29) is 5.41 Å². The molecule has 4 aromatic rings. The minimum absolute atomic E-state index is 0.0296. The van der Waals surface area contributed by atoms with E-state index in [9.17, 15) is 0 Å². The SMILES string of the molecule is [2H]C([2H])(C)c1ccc(-c2ccccc2Nc2ccc3c(c2)C(C)(C)c2ccccc2-3)cc1. The summed E-state index contributed by atoms with van der Waals surface area (Å²) in [5.41, 5.74) is 10.3. The summed E-state index contributed by atoms with van der Waals surface area (Å²) in [5, 5.41) is 3.64. The molecule has 0 radical (unpaired) electrons. The Morgan fingerprint density at radius 1 is 0.733 bits per heavy atom. The van der Waals surface area contributed by atoms with Crippen LogP contribution in [0, 0.1) is 0 Å². The quantitative estimate of drug-likeness (QED) is 0.372. The average Bonchev–Trinajstić information content (AvgIpc) is 3.01. The fraction of sp³-hybridized carbons (Fsp3) is 0.172. The van der Waals surface area contributed by atoms with Crippen molar-refractivity contribution in [2.45, 2.75) is 32.6 Å². The summed E-state index contributed by atoms with van der Waals surface area (Å²) in [4.78, 5) is 0. The highest BCUT2D eigenvalue weighted by atomic mass is 14.9. The second-order valence-electron chi connectivity index (χ2n) is 8.43. The van der Waals surface area contributed by atoms with E-state index < -0.39 is 6.37 Å². The molecule has 0 saturated heterocycles. The van der Waals surface area contributed by atoms with E-state index in [1.165, 1.54) is 22.3 Å². The van der Waals surface area contributed by atoms with E-state index in [4.69, 9.17) is 2.74 Å². The van der Waals surface area contributed by atoms with Gasteiger partial charge in [0.2, 0.25) is 0 Å². The normalized spacial score (nSPS) is 15.0. The highest BCUT2D eigenvalue weighted by Crippen LogP contribution is 2.49. The van der Waals surface area contributed by atoms with Crippen LogP contribution in [0.15, 0.2) is 91.0 Å². The zero-order valence-electron chi connectivity index (χ0n) is 19.7. The van der Waals surface area contributed by atoms with Crippen LogP contribution in [0.3, 0.4) is 0 Å². The predicted molar refractivity (Wildman–Crippen MR) is 129 cm³/mol. The zero-order valence-corrected chi connectivity index (χ0v) is 17.7. The van der Waals surface area contributed by atoms with Crippen molar-refractivity contribution in [3.63, 3.8) is 0 Å². The number of benzene rings is 4. The van der Waals surface area contributed by atoms with Crippen LogP contribution in [0.1, 0.15) is 40.2 Å². The maximum atomic E-state index is 7.93. The van der Waals surface area contributed by atoms with Crippen LogP contribution in [-0.2, 0) is 11.8 Å². The minimum atomic E-state index is -1.34. The zero-order chi connectivity index (χ0) is 22.5. The maximum absolute atomic E-state index is 7.93. The molecule has 0 unspecified atom stereocenters. The lowest BCUT2D eigenvalue weighted by Gasteiger charge is -2.22. The van der Waals surface area contributed by atoms with Gasteiger partial charge >= 0.3 is 0 Å². The molecule has 0 spiro atoms. The molecule has 1 heteroatoms. The second kappa shape index (κ2) is 7.18. The van der Waals surface area contributed by atoms with Gasteiger partial charge in [0.25, 0.3) is 0 Å². The molecule has 1 aliphatic rings. The van der Waals surface area contributed by atoms with Crippen molar-refractivity contribution < 1.29 is 2.74 Å². The lowest BCUT2D eigenvalue weighted by Crippen LogP contribution is -2.15. The number of rotatable bonds is 4. The molecule has 1 aliphatic carbocycles. The van der Waals surface area contributed by atoms with E-state index in [2.05, 4.69) is 73.8 Å². The van der Waals surface area contributed by atoms with Gasteiger partial charge in [0.1, 0.15) is 0 Å². The van der Waals surface area contributed by atoms with Gasteiger partial charge in [-0.15, -0.1) is 0 Å². The lowest BCUT2D eigenvalue weighted by molar-refractivity contribution is 0.660. The summed E-state index contributed by atoms with van der Waals surface area (Å²) >= 11 is 0. The molecule has 1 N–H and O–H groups in total. The van der Waals surface area contributed by atoms with E-state index in [1.54, 1.807) is 6.92 Å². The molecule has 30 heavy (non-hydrogen) atoms. The van der Waals surface area contributed by atoms with E-state index in [0.29, 0.717) is 5.56 Å². The molecule has 0 heterocycles. The van der Waals surface area contributed by atoms with Gasteiger partial charge in [0.05, 0.1) is 0 Å². The number of anilines is 2. The van der Waals surface area contributed by atoms with Crippen molar-refractivity contribution in [1.82, 2.24) is 0 Å². The van der Waals surface area contributed by atoms with Gasteiger partial charge in [0.15, 0.2) is 0 Å². The molecule has 0 saturated carbocycles. The van der Waals surface area contributed by atoms with E-state index >= 15 is 0 Å². The summed E-state index contributed by atoms with van der Waals surface area (Å²) < 4.78 is 15.9. The first-order valence-electron chi connectivity index (χ1n) is 11.5. The Morgan fingerprint density at radius 3 is 2.17 bits per heavy atom. The van der Waals surface area contributed by atoms with E-state index in [0.717, 1.165) is 22.5 Å². The molecule has 0 fully saturated rings. The second-order valence-corrected chi connectivity index (χ2v) is 8.43. The number of nitrogens with one attached hydrogen (secondary N) is 1. The van der Waals surface area contributed by atoms with E-state index in [1.807, 2.05) is 36.4 Å². The summed E-state index contributed by atoms with van der Waals surface area (Å²) in [6.45, 7) is 6.18. The molecular weight excluding hydrogens is 362 g/mol. The Kier molecular flexibility index (Phi) is 3.94. The van der Waals surface area contributed by atoms with Crippen LogP contribution < -0.4 is 5.32 Å². The van der Waals surface area contributed by atoms with Crippen molar-refractivity contribution >= 4 is 11.4 Å². The highest BCUT2D eigenvalue weighted by Gasteiger charge is 2.35. The summed E-state index contributed by atoms with van der Waals surface area (Å²) in [5.74, 6) is 0. The van der Waals surface area contributed by atoms with Crippen molar-refractivity contribution in [3.8, 4) is 22.3 Å². The van der Waals surface area contributed by atoms with Gasteiger partial charge in [-0.3, -0.25) is 0 Å². The van der Waals surface area contributed by atoms with Crippen LogP contribution in [-0.4, -0.2) is 0 Å². The van der Waals surface area contributed by atoms with Crippen molar-refractivity contribution in [1.29, 1.82) is 0 Å². The van der Waals surface area contributed by atoms with Gasteiger partial charge in [0, 0.05) is 25.1 Å². The Balaban J connectivity index is 1.50. The summed E-state index contributed by atoms with van der Waals surface area (Å²) in [6, 6.07) is 31.4. The Labute approximate surface area is 182 Å². The molecule has 1 nitrogen and oxygen atoms in total. The average molecular weight is 392 g/mol. The fourth-order valence-corrected chi connectivity index (χ4v) is 4.60. The molecule has 5 rings (SSSR count). The lowest BCUT2D eigenvalue weighted by atomic mass is 9.82. The highest BCUT2D eigenvalue weighted by molar-refractivity contribution is 5.85. The molecule has 0 aromatic heterocycles. The molecule has 0 aliphatic heterocycles. The number of hydrogen-bond acceptors (Lipinski definition) is 1. The predicted octanol–water partition coefficient (Wildman–Crippen LogP) is 7.97. The molecule has 4 aromatic carbocycles. The fourth-order valence-electron chi connectivity index (χ4n) is 4.60. The van der Waals surface area contributed by atoms with Crippen LogP contribution >= 0.6 is 0 Å². The Hall–Kier alpha value is -3.32. The number of fused-ring (bicyclic) bond motifs is 3. The maximum Gasteiger partial charge on any atom is 0.0463 e. The van der Waals surface area contributed by atoms with Gasteiger partial charge in [-0.2, -0.15) is 0 Å². The van der Waals surface area contributed by atoms with Gasteiger partial charge < -0.3 is 5.32 Å². The summed E-state index contributed by atoms with van der Waals surface area (Å²) in [6.07, 6.45) is -1.34. The van der Waals surface area contributed by atoms with Crippen molar-refractivity contribution in [2.75, 3.05) is 5.32 Å². The first kappa shape index (κ1) is 16.5. The van der Waals surface area contributed by atoms with Crippen molar-refractivity contribution in [3.05, 3.63) is 108 Å². The van der Waals surface area contributed by atoms with Crippen molar-refractivity contribution in [2.24, 2.45) is 0 Å². The summed E-state index contributed by atoms with van der Waals surface area (Å²) in [7, 11) is 0. The standard InChI is InChI=1S/C29H27N/c1-4-20-13-15-21(16-14-20)23-9-6-8-12-28(23)30-22-17-18-25-24-10-5-7-11-26(24)29(2,3)27(25)19-22/h5-19,30H,4H2,1-3H3/i4D2. The Morgan fingerprint density at radius 2 is 1.40 bits per heavy atom. The first-order chi connectivity index (χ1) is 15.2. The molecular formula is C29H27N. The smallest absolute Gasteiger partial charge is 0.0463 e.